The summed E-state index contributed by atoms with van der Waals surface area (Å²) in [6, 6.07) is 16.2. The number of benzene rings is 2. The second kappa shape index (κ2) is 5.34. The Hall–Kier alpha value is -3.41. The largest absolute Gasteiger partial charge is 0.339 e. The summed E-state index contributed by atoms with van der Waals surface area (Å²) in [4.78, 5) is 28.0. The first kappa shape index (κ1) is 14.2. The number of hydrogen-bond acceptors (Lipinski definition) is 2. The van der Waals surface area contributed by atoms with Crippen LogP contribution in [0, 0.1) is 5.82 Å². The molecule has 0 atom stereocenters. The zero-order valence-electron chi connectivity index (χ0n) is 12.4. The van der Waals surface area contributed by atoms with Crippen molar-refractivity contribution in [2.75, 3.05) is 0 Å². The Morgan fingerprint density at radius 1 is 0.917 bits per heavy atom. The standard InChI is InChI=1S/C18H12FN3O2/c19-12-6-8-13(9-7-12)22-18(24)16-15(23)10-14(20-17(16)21-22)11-4-2-1-3-5-11/h1-10H,(H2,20,21,23). The van der Waals surface area contributed by atoms with E-state index in [9.17, 15) is 14.0 Å². The van der Waals surface area contributed by atoms with E-state index in [2.05, 4.69) is 10.1 Å². The van der Waals surface area contributed by atoms with Crippen LogP contribution in [0.1, 0.15) is 0 Å². The first-order valence-electron chi connectivity index (χ1n) is 7.33. The van der Waals surface area contributed by atoms with Crippen LogP contribution in [-0.4, -0.2) is 14.8 Å². The van der Waals surface area contributed by atoms with E-state index in [0.29, 0.717) is 17.0 Å². The molecule has 2 heterocycles. The predicted octanol–water partition coefficient (Wildman–Crippen LogP) is 2.81. The number of fused-ring (bicyclic) bond motifs is 1. The van der Waals surface area contributed by atoms with Gasteiger partial charge in [0.05, 0.1) is 11.4 Å². The summed E-state index contributed by atoms with van der Waals surface area (Å²) in [5.41, 5.74) is 1.39. The van der Waals surface area contributed by atoms with E-state index in [4.69, 9.17) is 0 Å². The lowest BCUT2D eigenvalue weighted by molar-refractivity contribution is 0.627. The highest BCUT2D eigenvalue weighted by molar-refractivity contribution is 5.78. The van der Waals surface area contributed by atoms with Crippen LogP contribution in [-0.2, 0) is 0 Å². The number of hydrogen-bond donors (Lipinski definition) is 2. The van der Waals surface area contributed by atoms with Crippen molar-refractivity contribution in [2.45, 2.75) is 0 Å². The van der Waals surface area contributed by atoms with Gasteiger partial charge >= 0.3 is 0 Å². The number of nitrogens with zero attached hydrogens (tertiary/aromatic N) is 1. The Balaban J connectivity index is 1.95. The van der Waals surface area contributed by atoms with E-state index in [1.807, 2.05) is 30.3 Å². The molecule has 6 heteroatoms. The summed E-state index contributed by atoms with van der Waals surface area (Å²) in [5.74, 6) is -0.398. The SMILES string of the molecule is O=c1cc(-c2ccccc2)[nH]c2[nH]n(-c3ccc(F)cc3)c(=O)c12. The highest BCUT2D eigenvalue weighted by atomic mass is 19.1. The third-order valence-corrected chi connectivity index (χ3v) is 3.84. The summed E-state index contributed by atoms with van der Waals surface area (Å²) in [7, 11) is 0. The van der Waals surface area contributed by atoms with Gasteiger partial charge in [0.15, 0.2) is 5.43 Å². The van der Waals surface area contributed by atoms with Crippen LogP contribution in [0.15, 0.2) is 70.3 Å². The average molecular weight is 321 g/mol. The molecule has 118 valence electrons. The van der Waals surface area contributed by atoms with Crippen LogP contribution in [0.2, 0.25) is 0 Å². The Morgan fingerprint density at radius 3 is 2.33 bits per heavy atom. The summed E-state index contributed by atoms with van der Waals surface area (Å²) in [6.45, 7) is 0. The summed E-state index contributed by atoms with van der Waals surface area (Å²) < 4.78 is 14.3. The smallest absolute Gasteiger partial charge is 0.284 e. The van der Waals surface area contributed by atoms with Gasteiger partial charge in [-0.3, -0.25) is 14.7 Å². The Kier molecular flexibility index (Phi) is 3.16. The van der Waals surface area contributed by atoms with Gasteiger partial charge in [0, 0.05) is 6.07 Å². The van der Waals surface area contributed by atoms with E-state index >= 15 is 0 Å². The molecular weight excluding hydrogens is 309 g/mol. The van der Waals surface area contributed by atoms with Crippen LogP contribution in [0.25, 0.3) is 28.0 Å². The molecule has 2 aromatic heterocycles. The molecule has 0 aliphatic rings. The fourth-order valence-electron chi connectivity index (χ4n) is 2.68. The Bertz CT molecular complexity index is 1140. The topological polar surface area (TPSA) is 70.7 Å². The van der Waals surface area contributed by atoms with Gasteiger partial charge < -0.3 is 4.98 Å². The van der Waals surface area contributed by atoms with Crippen molar-refractivity contribution in [3.05, 3.63) is 87.1 Å². The van der Waals surface area contributed by atoms with Crippen LogP contribution in [0.4, 0.5) is 4.39 Å². The second-order valence-electron chi connectivity index (χ2n) is 5.39. The molecule has 4 aromatic rings. The Labute approximate surface area is 135 Å². The average Bonchev–Trinajstić information content (AvgIpc) is 2.93. The van der Waals surface area contributed by atoms with Crippen molar-refractivity contribution < 1.29 is 4.39 Å². The molecule has 0 bridgehead atoms. The number of aromatic amines is 2. The van der Waals surface area contributed by atoms with Gasteiger partial charge in [-0.1, -0.05) is 30.3 Å². The molecule has 0 unspecified atom stereocenters. The Morgan fingerprint density at radius 2 is 1.62 bits per heavy atom. The van der Waals surface area contributed by atoms with Crippen LogP contribution < -0.4 is 11.0 Å². The van der Waals surface area contributed by atoms with Crippen molar-refractivity contribution in [3.8, 4) is 16.9 Å². The molecular formula is C18H12FN3O2. The van der Waals surface area contributed by atoms with Gasteiger partial charge in [-0.25, -0.2) is 9.07 Å². The summed E-state index contributed by atoms with van der Waals surface area (Å²) in [6.07, 6.45) is 0. The van der Waals surface area contributed by atoms with Crippen LogP contribution in [0.3, 0.4) is 0 Å². The highest BCUT2D eigenvalue weighted by Crippen LogP contribution is 2.16. The van der Waals surface area contributed by atoms with Crippen LogP contribution in [0.5, 0.6) is 0 Å². The van der Waals surface area contributed by atoms with Gasteiger partial charge in [0.25, 0.3) is 5.56 Å². The van der Waals surface area contributed by atoms with E-state index in [-0.39, 0.29) is 10.8 Å². The maximum Gasteiger partial charge on any atom is 0.284 e. The molecule has 2 N–H and O–H groups in total. The van der Waals surface area contributed by atoms with Crippen molar-refractivity contribution in [1.82, 2.24) is 14.8 Å². The number of nitrogens with one attached hydrogen (secondary N) is 2. The molecule has 5 nitrogen and oxygen atoms in total. The third kappa shape index (κ3) is 2.25. The first-order valence-corrected chi connectivity index (χ1v) is 7.33. The number of halogens is 1. The molecule has 0 saturated carbocycles. The van der Waals surface area contributed by atoms with Crippen molar-refractivity contribution in [3.63, 3.8) is 0 Å². The van der Waals surface area contributed by atoms with E-state index in [1.165, 1.54) is 35.0 Å². The maximum absolute atomic E-state index is 13.1. The number of aromatic nitrogens is 3. The van der Waals surface area contributed by atoms with Gasteiger partial charge in [-0.2, -0.15) is 0 Å². The number of pyridine rings is 1. The minimum Gasteiger partial charge on any atom is -0.339 e. The molecule has 0 spiro atoms. The zero-order chi connectivity index (χ0) is 16.7. The third-order valence-electron chi connectivity index (χ3n) is 3.84. The summed E-state index contributed by atoms with van der Waals surface area (Å²) in [5, 5.41) is 2.92. The normalized spacial score (nSPS) is 11.0. The molecule has 2 aromatic carbocycles. The van der Waals surface area contributed by atoms with Gasteiger partial charge in [-0.05, 0) is 29.8 Å². The molecule has 0 saturated heterocycles. The summed E-state index contributed by atoms with van der Waals surface area (Å²) >= 11 is 0. The van der Waals surface area contributed by atoms with Gasteiger partial charge in [0.2, 0.25) is 0 Å². The van der Waals surface area contributed by atoms with E-state index in [1.54, 1.807) is 0 Å². The minimum atomic E-state index is -0.475. The van der Waals surface area contributed by atoms with Gasteiger partial charge in [-0.15, -0.1) is 0 Å². The molecule has 0 radical (unpaired) electrons. The fourth-order valence-corrected chi connectivity index (χ4v) is 2.68. The predicted molar refractivity (Wildman–Crippen MR) is 89.9 cm³/mol. The molecule has 24 heavy (non-hydrogen) atoms. The van der Waals surface area contributed by atoms with Crippen molar-refractivity contribution in [1.29, 1.82) is 0 Å². The minimum absolute atomic E-state index is 0.0407. The van der Waals surface area contributed by atoms with Crippen molar-refractivity contribution in [2.24, 2.45) is 0 Å². The van der Waals surface area contributed by atoms with Crippen LogP contribution >= 0.6 is 0 Å². The quantitative estimate of drug-likeness (QED) is 0.596. The molecule has 0 aliphatic carbocycles. The van der Waals surface area contributed by atoms with E-state index < -0.39 is 11.4 Å². The van der Waals surface area contributed by atoms with Gasteiger partial charge in [0.1, 0.15) is 16.9 Å². The lowest BCUT2D eigenvalue weighted by Gasteiger charge is -2.01. The highest BCUT2D eigenvalue weighted by Gasteiger charge is 2.13. The fraction of sp³-hybridized carbons (Fsp3) is 0. The molecule has 0 aliphatic heterocycles. The molecule has 0 amide bonds. The van der Waals surface area contributed by atoms with Crippen molar-refractivity contribution >= 4 is 11.0 Å². The number of H-pyrrole nitrogens is 2. The lowest BCUT2D eigenvalue weighted by Crippen LogP contribution is -2.18. The van der Waals surface area contributed by atoms with E-state index in [0.717, 1.165) is 5.56 Å². The second-order valence-corrected chi connectivity index (χ2v) is 5.39. The molecule has 0 fully saturated rings. The molecule has 4 rings (SSSR count). The zero-order valence-corrected chi connectivity index (χ0v) is 12.4. The lowest BCUT2D eigenvalue weighted by atomic mass is 10.1. The monoisotopic (exact) mass is 321 g/mol. The first-order chi connectivity index (χ1) is 11.6. The number of rotatable bonds is 2. The maximum atomic E-state index is 13.1.